The van der Waals surface area contributed by atoms with Crippen LogP contribution < -0.4 is 9.80 Å². The maximum Gasteiger partial charge on any atom is 0.232 e. The molecule has 6 nitrogen and oxygen atoms in total. The summed E-state index contributed by atoms with van der Waals surface area (Å²) in [5, 5.41) is 0. The number of aryl methyl sites for hydroxylation is 1. The molecule has 0 N–H and O–H groups in total. The average Bonchev–Trinajstić information content (AvgIpc) is 3.07. The van der Waals surface area contributed by atoms with Crippen molar-refractivity contribution in [3.8, 4) is 0 Å². The largest absolute Gasteiger partial charge is 0.312 e. The average molecular weight is 477 g/mol. The second-order valence-electron chi connectivity index (χ2n) is 7.51. The third-order valence-corrected chi connectivity index (χ3v) is 7.26. The van der Waals surface area contributed by atoms with Gasteiger partial charge in [0.05, 0.1) is 16.5 Å². The first-order valence-corrected chi connectivity index (χ1v) is 12.1. The first kappa shape index (κ1) is 20.1. The normalized spacial score (nSPS) is 19.4. The van der Waals surface area contributed by atoms with Gasteiger partial charge >= 0.3 is 0 Å². The molecule has 2 aromatic carbocycles. The molecule has 0 radical (unpaired) electrons. The lowest BCUT2D eigenvalue weighted by molar-refractivity contribution is -0.124. The smallest absolute Gasteiger partial charge is 0.232 e. The Bertz CT molecular complexity index is 1100. The van der Waals surface area contributed by atoms with Crippen LogP contribution in [-0.2, 0) is 25.8 Å². The number of anilines is 2. The highest BCUT2D eigenvalue weighted by Crippen LogP contribution is 2.35. The highest BCUT2D eigenvalue weighted by molar-refractivity contribution is 9.10. The van der Waals surface area contributed by atoms with Crippen LogP contribution in [-0.4, -0.2) is 39.6 Å². The Hall–Kier alpha value is -2.19. The summed E-state index contributed by atoms with van der Waals surface area (Å²) in [7, 11) is -3.30. The third kappa shape index (κ3) is 3.83. The number of benzene rings is 2. The predicted molar refractivity (Wildman–Crippen MR) is 115 cm³/mol. The Balaban J connectivity index is 1.59. The number of para-hydroxylation sites is 1. The highest BCUT2D eigenvalue weighted by Gasteiger charge is 2.39. The van der Waals surface area contributed by atoms with Crippen molar-refractivity contribution in [2.75, 3.05) is 29.1 Å². The second kappa shape index (κ2) is 7.57. The van der Waals surface area contributed by atoms with Crippen molar-refractivity contribution in [2.24, 2.45) is 5.92 Å². The topological polar surface area (TPSA) is 74.8 Å². The van der Waals surface area contributed by atoms with Crippen LogP contribution in [0.2, 0.25) is 0 Å². The van der Waals surface area contributed by atoms with Gasteiger partial charge in [0.2, 0.25) is 11.8 Å². The fraction of sp³-hybridized carbons (Fsp3) is 0.333. The maximum absolute atomic E-state index is 13.3. The molecule has 152 valence electrons. The van der Waals surface area contributed by atoms with Crippen LogP contribution in [0, 0.1) is 5.92 Å². The molecule has 2 heterocycles. The zero-order valence-electron chi connectivity index (χ0n) is 16.0. The van der Waals surface area contributed by atoms with Gasteiger partial charge in [-0.15, -0.1) is 0 Å². The van der Waals surface area contributed by atoms with Crippen molar-refractivity contribution in [1.82, 2.24) is 0 Å². The van der Waals surface area contributed by atoms with E-state index in [9.17, 15) is 18.0 Å². The summed E-state index contributed by atoms with van der Waals surface area (Å²) in [4.78, 5) is 29.5. The molecule has 8 heteroatoms. The zero-order chi connectivity index (χ0) is 20.8. The van der Waals surface area contributed by atoms with E-state index in [-0.39, 0.29) is 23.1 Å². The number of hydrogen-bond acceptors (Lipinski definition) is 4. The van der Waals surface area contributed by atoms with Crippen molar-refractivity contribution in [2.45, 2.75) is 24.2 Å². The number of halogens is 1. The monoisotopic (exact) mass is 476 g/mol. The summed E-state index contributed by atoms with van der Waals surface area (Å²) in [5.74, 6) is -0.573. The van der Waals surface area contributed by atoms with E-state index in [2.05, 4.69) is 15.9 Å². The molecule has 0 aliphatic carbocycles. The van der Waals surface area contributed by atoms with Crippen molar-refractivity contribution in [3.05, 3.63) is 52.5 Å². The molecular formula is C21H21BrN2O4S. The predicted octanol–water partition coefficient (Wildman–Crippen LogP) is 3.18. The fourth-order valence-electron chi connectivity index (χ4n) is 4.03. The van der Waals surface area contributed by atoms with Crippen LogP contribution in [0.15, 0.2) is 51.8 Å². The first-order chi connectivity index (χ1) is 13.8. The second-order valence-corrected chi connectivity index (χ2v) is 10.4. The molecule has 0 saturated carbocycles. The van der Waals surface area contributed by atoms with Crippen LogP contribution in [0.3, 0.4) is 0 Å². The van der Waals surface area contributed by atoms with Crippen LogP contribution in [0.4, 0.5) is 11.4 Å². The van der Waals surface area contributed by atoms with Crippen molar-refractivity contribution in [3.63, 3.8) is 0 Å². The molecule has 2 aliphatic rings. The molecule has 4 rings (SSSR count). The first-order valence-electron chi connectivity index (χ1n) is 9.45. The molecular weight excluding hydrogens is 456 g/mol. The molecule has 0 bridgehead atoms. The van der Waals surface area contributed by atoms with E-state index >= 15 is 0 Å². The van der Waals surface area contributed by atoms with Crippen molar-refractivity contribution in [1.29, 1.82) is 0 Å². The Kier molecular flexibility index (Phi) is 5.25. The summed E-state index contributed by atoms with van der Waals surface area (Å²) in [6.45, 7) is 0.914. The maximum atomic E-state index is 13.3. The number of nitrogens with zero attached hydrogens (tertiary/aromatic N) is 2. The van der Waals surface area contributed by atoms with Gasteiger partial charge in [-0.1, -0.05) is 12.1 Å². The SMILES string of the molecule is CS(=O)(=O)c1ccc2c(c1)CCCN2C(=O)C1CC(=O)N(c2ccccc2Br)C1. The Morgan fingerprint density at radius 3 is 2.62 bits per heavy atom. The summed E-state index contributed by atoms with van der Waals surface area (Å²) in [6.07, 6.45) is 2.85. The van der Waals surface area contributed by atoms with Crippen molar-refractivity contribution < 1.29 is 18.0 Å². The van der Waals surface area contributed by atoms with Crippen LogP contribution in [0.1, 0.15) is 18.4 Å². The summed E-state index contributed by atoms with van der Waals surface area (Å²) in [6, 6.07) is 12.4. The van der Waals surface area contributed by atoms with E-state index < -0.39 is 15.8 Å². The number of hydrogen-bond donors (Lipinski definition) is 0. The molecule has 1 saturated heterocycles. The number of fused-ring (bicyclic) bond motifs is 1. The van der Waals surface area contributed by atoms with E-state index in [1.807, 2.05) is 24.3 Å². The molecule has 1 unspecified atom stereocenters. The fourth-order valence-corrected chi connectivity index (χ4v) is 5.20. The van der Waals surface area contributed by atoms with Gasteiger partial charge in [0.1, 0.15) is 0 Å². The van der Waals surface area contributed by atoms with Gasteiger partial charge in [0, 0.05) is 35.9 Å². The van der Waals surface area contributed by atoms with E-state index in [4.69, 9.17) is 0 Å². The lowest BCUT2D eigenvalue weighted by Gasteiger charge is -2.31. The van der Waals surface area contributed by atoms with Gasteiger partial charge in [-0.2, -0.15) is 0 Å². The summed E-state index contributed by atoms with van der Waals surface area (Å²) in [5.41, 5.74) is 2.38. The van der Waals surface area contributed by atoms with Crippen LogP contribution in [0.5, 0.6) is 0 Å². The summed E-state index contributed by atoms with van der Waals surface area (Å²) < 4.78 is 24.5. The lowest BCUT2D eigenvalue weighted by Crippen LogP contribution is -2.40. The van der Waals surface area contributed by atoms with E-state index in [1.54, 1.807) is 28.0 Å². The molecule has 0 spiro atoms. The number of carbonyl (C=O) groups excluding carboxylic acids is 2. The highest BCUT2D eigenvalue weighted by atomic mass is 79.9. The zero-order valence-corrected chi connectivity index (χ0v) is 18.4. The van der Waals surface area contributed by atoms with E-state index in [0.717, 1.165) is 34.3 Å². The van der Waals surface area contributed by atoms with E-state index in [0.29, 0.717) is 13.1 Å². The van der Waals surface area contributed by atoms with Crippen LogP contribution in [0.25, 0.3) is 0 Å². The van der Waals surface area contributed by atoms with Gasteiger partial charge in [-0.25, -0.2) is 8.42 Å². The third-order valence-electron chi connectivity index (χ3n) is 5.48. The minimum Gasteiger partial charge on any atom is -0.312 e. The van der Waals surface area contributed by atoms with Crippen LogP contribution >= 0.6 is 15.9 Å². The molecule has 1 atom stereocenters. The number of rotatable bonds is 3. The Labute approximate surface area is 178 Å². The lowest BCUT2D eigenvalue weighted by atomic mass is 9.99. The van der Waals surface area contributed by atoms with Gasteiger partial charge in [-0.3, -0.25) is 9.59 Å². The van der Waals surface area contributed by atoms with Gasteiger partial charge < -0.3 is 9.80 Å². The van der Waals surface area contributed by atoms with Crippen molar-refractivity contribution >= 4 is 49.0 Å². The van der Waals surface area contributed by atoms with Gasteiger partial charge in [0.15, 0.2) is 9.84 Å². The number of sulfone groups is 1. The Morgan fingerprint density at radius 2 is 1.90 bits per heavy atom. The summed E-state index contributed by atoms with van der Waals surface area (Å²) >= 11 is 3.47. The van der Waals surface area contributed by atoms with Gasteiger partial charge in [-0.05, 0) is 64.7 Å². The molecule has 2 aliphatic heterocycles. The molecule has 29 heavy (non-hydrogen) atoms. The number of carbonyl (C=O) groups is 2. The van der Waals surface area contributed by atoms with E-state index in [1.165, 1.54) is 6.26 Å². The number of amides is 2. The Morgan fingerprint density at radius 1 is 1.14 bits per heavy atom. The molecule has 2 amide bonds. The minimum absolute atomic E-state index is 0.0695. The molecule has 2 aromatic rings. The standard InChI is InChI=1S/C21H21BrN2O4S/c1-29(27,28)16-8-9-18-14(11-16)5-4-10-23(18)21(26)15-12-20(25)24(13-15)19-7-3-2-6-17(19)22/h2-3,6-9,11,15H,4-5,10,12-13H2,1H3. The molecule has 0 aromatic heterocycles. The minimum atomic E-state index is -3.30. The quantitative estimate of drug-likeness (QED) is 0.681. The van der Waals surface area contributed by atoms with Gasteiger partial charge in [0.25, 0.3) is 0 Å². The molecule has 1 fully saturated rings.